The molecule has 110 valence electrons. The summed E-state index contributed by atoms with van der Waals surface area (Å²) in [7, 11) is 0. The zero-order chi connectivity index (χ0) is 15.1. The first-order chi connectivity index (χ1) is 9.47. The van der Waals surface area contributed by atoms with E-state index in [1.807, 2.05) is 13.2 Å². The molecule has 0 bridgehead atoms. The Balaban J connectivity index is 2.66. The molecule has 1 rings (SSSR count). The summed E-state index contributed by atoms with van der Waals surface area (Å²) in [5.74, 6) is -0.235. The van der Waals surface area contributed by atoms with Crippen molar-refractivity contribution < 1.29 is 9.90 Å². The molecule has 6 heteroatoms. The number of hydrogen-bond donors (Lipinski definition) is 2. The summed E-state index contributed by atoms with van der Waals surface area (Å²) in [4.78, 5) is 11.8. The molecule has 0 spiro atoms. The fourth-order valence-corrected chi connectivity index (χ4v) is 2.60. The molecular formula is C14H17Cl2NO2S. The number of benzene rings is 1. The summed E-state index contributed by atoms with van der Waals surface area (Å²) < 4.78 is 0. The van der Waals surface area contributed by atoms with Gasteiger partial charge in [0.1, 0.15) is 0 Å². The molecule has 0 aliphatic carbocycles. The van der Waals surface area contributed by atoms with Crippen molar-refractivity contribution in [3.8, 4) is 0 Å². The SMILES string of the molecule is CSC(CO)C(C)NC(=O)/C=C/c1cc(Cl)ccc1Cl. The van der Waals surface area contributed by atoms with Gasteiger partial charge in [-0.1, -0.05) is 23.2 Å². The first kappa shape index (κ1) is 17.4. The first-order valence-electron chi connectivity index (χ1n) is 6.05. The van der Waals surface area contributed by atoms with Gasteiger partial charge in [0.15, 0.2) is 0 Å². The number of hydrogen-bond acceptors (Lipinski definition) is 3. The van der Waals surface area contributed by atoms with Crippen molar-refractivity contribution in [2.24, 2.45) is 0 Å². The van der Waals surface area contributed by atoms with E-state index < -0.39 is 0 Å². The molecule has 20 heavy (non-hydrogen) atoms. The molecular weight excluding hydrogens is 317 g/mol. The van der Waals surface area contributed by atoms with Crippen LogP contribution in [-0.4, -0.2) is 35.2 Å². The van der Waals surface area contributed by atoms with Gasteiger partial charge in [0.25, 0.3) is 0 Å². The summed E-state index contributed by atoms with van der Waals surface area (Å²) in [6.07, 6.45) is 4.91. The maximum absolute atomic E-state index is 11.8. The Bertz CT molecular complexity index is 490. The van der Waals surface area contributed by atoms with Gasteiger partial charge in [-0.25, -0.2) is 0 Å². The third kappa shape index (κ3) is 5.37. The van der Waals surface area contributed by atoms with E-state index in [0.29, 0.717) is 15.6 Å². The van der Waals surface area contributed by atoms with Gasteiger partial charge < -0.3 is 10.4 Å². The van der Waals surface area contributed by atoms with Crippen LogP contribution in [0.3, 0.4) is 0 Å². The number of rotatable bonds is 6. The summed E-state index contributed by atoms with van der Waals surface area (Å²) in [5, 5.41) is 13.0. The largest absolute Gasteiger partial charge is 0.395 e. The standard InChI is InChI=1S/C14H17Cl2NO2S/c1-9(13(8-18)20-2)17-14(19)6-3-10-7-11(15)4-5-12(10)16/h3-7,9,13,18H,8H2,1-2H3,(H,17,19)/b6-3+. The van der Waals surface area contributed by atoms with Gasteiger partial charge in [-0.3, -0.25) is 4.79 Å². The van der Waals surface area contributed by atoms with E-state index in [2.05, 4.69) is 5.32 Å². The third-order valence-corrected chi connectivity index (χ3v) is 4.52. The summed E-state index contributed by atoms with van der Waals surface area (Å²) in [5.41, 5.74) is 0.686. The predicted octanol–water partition coefficient (Wildman–Crippen LogP) is 3.24. The number of aliphatic hydroxyl groups is 1. The number of carbonyl (C=O) groups excluding carboxylic acids is 1. The molecule has 2 N–H and O–H groups in total. The Labute approximate surface area is 133 Å². The van der Waals surface area contributed by atoms with E-state index in [4.69, 9.17) is 28.3 Å². The van der Waals surface area contributed by atoms with Crippen molar-refractivity contribution in [3.63, 3.8) is 0 Å². The molecule has 1 amide bonds. The molecule has 0 aliphatic rings. The summed E-state index contributed by atoms with van der Waals surface area (Å²) in [6.45, 7) is 1.88. The lowest BCUT2D eigenvalue weighted by Gasteiger charge is -2.20. The highest BCUT2D eigenvalue weighted by molar-refractivity contribution is 7.99. The van der Waals surface area contributed by atoms with Crippen LogP contribution in [0.2, 0.25) is 10.0 Å². The molecule has 1 aromatic carbocycles. The topological polar surface area (TPSA) is 49.3 Å². The molecule has 2 unspecified atom stereocenters. The molecule has 0 radical (unpaired) electrons. The Kier molecular flexibility index (Phi) is 7.45. The smallest absolute Gasteiger partial charge is 0.244 e. The third-order valence-electron chi connectivity index (χ3n) is 2.78. The predicted molar refractivity (Wildman–Crippen MR) is 87.5 cm³/mol. The Hall–Kier alpha value is -0.680. The second-order valence-corrected chi connectivity index (χ2v) is 6.17. The second kappa shape index (κ2) is 8.57. The van der Waals surface area contributed by atoms with Gasteiger partial charge in [0, 0.05) is 27.4 Å². The van der Waals surface area contributed by atoms with E-state index in [1.165, 1.54) is 17.8 Å². The number of thioether (sulfide) groups is 1. The second-order valence-electron chi connectivity index (χ2n) is 4.25. The maximum atomic E-state index is 11.8. The van der Waals surface area contributed by atoms with Gasteiger partial charge >= 0.3 is 0 Å². The fraction of sp³-hybridized carbons (Fsp3) is 0.357. The average molecular weight is 334 g/mol. The molecule has 0 saturated carbocycles. The summed E-state index contributed by atoms with van der Waals surface area (Å²) in [6, 6.07) is 4.94. The zero-order valence-corrected chi connectivity index (χ0v) is 13.6. The van der Waals surface area contributed by atoms with Crippen molar-refractivity contribution in [3.05, 3.63) is 39.9 Å². The molecule has 1 aromatic rings. The molecule has 0 aliphatic heterocycles. The zero-order valence-electron chi connectivity index (χ0n) is 11.3. The van der Waals surface area contributed by atoms with Gasteiger partial charge in [-0.15, -0.1) is 0 Å². The van der Waals surface area contributed by atoms with Crippen molar-refractivity contribution in [2.45, 2.75) is 18.2 Å². The van der Waals surface area contributed by atoms with Crippen LogP contribution in [0.5, 0.6) is 0 Å². The average Bonchev–Trinajstić information content (AvgIpc) is 2.41. The van der Waals surface area contributed by atoms with E-state index >= 15 is 0 Å². The quantitative estimate of drug-likeness (QED) is 0.786. The minimum Gasteiger partial charge on any atom is -0.395 e. The van der Waals surface area contributed by atoms with Gasteiger partial charge in [-0.2, -0.15) is 11.8 Å². The van der Waals surface area contributed by atoms with Crippen LogP contribution in [-0.2, 0) is 4.79 Å². The Morgan fingerprint density at radius 1 is 1.50 bits per heavy atom. The molecule has 0 heterocycles. The van der Waals surface area contributed by atoms with Crippen LogP contribution in [0, 0.1) is 0 Å². The molecule has 2 atom stereocenters. The fourth-order valence-electron chi connectivity index (χ4n) is 1.61. The minimum atomic E-state index is -0.235. The van der Waals surface area contributed by atoms with Crippen molar-refractivity contribution in [2.75, 3.05) is 12.9 Å². The monoisotopic (exact) mass is 333 g/mol. The van der Waals surface area contributed by atoms with Crippen molar-refractivity contribution in [1.82, 2.24) is 5.32 Å². The van der Waals surface area contributed by atoms with Crippen molar-refractivity contribution in [1.29, 1.82) is 0 Å². The highest BCUT2D eigenvalue weighted by Gasteiger charge is 2.16. The molecule has 0 saturated heterocycles. The molecule has 0 aromatic heterocycles. The van der Waals surface area contributed by atoms with Crippen LogP contribution in [0.15, 0.2) is 24.3 Å². The highest BCUT2D eigenvalue weighted by atomic mass is 35.5. The van der Waals surface area contributed by atoms with Crippen LogP contribution in [0.4, 0.5) is 0 Å². The van der Waals surface area contributed by atoms with E-state index in [0.717, 1.165) is 0 Å². The van der Waals surface area contributed by atoms with Gasteiger partial charge in [0.05, 0.1) is 6.61 Å². The Morgan fingerprint density at radius 3 is 2.80 bits per heavy atom. The normalized spacial score (nSPS) is 14.2. The number of carbonyl (C=O) groups is 1. The summed E-state index contributed by atoms with van der Waals surface area (Å²) >= 11 is 13.4. The minimum absolute atomic E-state index is 0.0203. The first-order valence-corrected chi connectivity index (χ1v) is 8.09. The van der Waals surface area contributed by atoms with Crippen LogP contribution in [0.1, 0.15) is 12.5 Å². The van der Waals surface area contributed by atoms with Crippen LogP contribution < -0.4 is 5.32 Å². The van der Waals surface area contributed by atoms with E-state index in [1.54, 1.807) is 24.3 Å². The number of nitrogens with one attached hydrogen (secondary N) is 1. The van der Waals surface area contributed by atoms with Crippen LogP contribution >= 0.6 is 35.0 Å². The highest BCUT2D eigenvalue weighted by Crippen LogP contribution is 2.21. The Morgan fingerprint density at radius 2 is 2.20 bits per heavy atom. The van der Waals surface area contributed by atoms with E-state index in [9.17, 15) is 4.79 Å². The molecule has 3 nitrogen and oxygen atoms in total. The van der Waals surface area contributed by atoms with Gasteiger partial charge in [-0.05, 0) is 43.0 Å². The van der Waals surface area contributed by atoms with Crippen molar-refractivity contribution >= 4 is 46.9 Å². The lowest BCUT2D eigenvalue weighted by Crippen LogP contribution is -2.40. The number of aliphatic hydroxyl groups excluding tert-OH is 1. The number of halogens is 2. The van der Waals surface area contributed by atoms with Crippen LogP contribution in [0.25, 0.3) is 6.08 Å². The van der Waals surface area contributed by atoms with Gasteiger partial charge in [0.2, 0.25) is 5.91 Å². The maximum Gasteiger partial charge on any atom is 0.244 e. The van der Waals surface area contributed by atoms with E-state index in [-0.39, 0.29) is 23.8 Å². The molecule has 0 fully saturated rings. The lowest BCUT2D eigenvalue weighted by molar-refractivity contribution is -0.117. The lowest BCUT2D eigenvalue weighted by atomic mass is 10.2. The number of amides is 1.